The molecule has 0 radical (unpaired) electrons. The Morgan fingerprint density at radius 2 is 1.56 bits per heavy atom. The van der Waals surface area contributed by atoms with Gasteiger partial charge in [-0.25, -0.2) is 5.09 Å². The Labute approximate surface area is 107 Å². The van der Waals surface area contributed by atoms with Gasteiger partial charge in [0.2, 0.25) is 6.65 Å². The van der Waals surface area contributed by atoms with Gasteiger partial charge in [-0.2, -0.15) is 0 Å². The summed E-state index contributed by atoms with van der Waals surface area (Å²) in [5, 5.41) is 3.24. The third-order valence-electron chi connectivity index (χ3n) is 4.60. The number of rotatable bonds is 3. The van der Waals surface area contributed by atoms with Crippen molar-refractivity contribution >= 4 is 29.5 Å². The zero-order valence-corrected chi connectivity index (χ0v) is 11.7. The van der Waals surface area contributed by atoms with Crippen LogP contribution in [-0.2, 0) is 4.57 Å². The molecule has 0 amide bonds. The van der Waals surface area contributed by atoms with E-state index in [4.69, 9.17) is 22.8 Å². The predicted octanol–water partition coefficient (Wildman–Crippen LogP) is 4.17. The second-order valence-corrected chi connectivity index (χ2v) is 10.2. The van der Waals surface area contributed by atoms with E-state index in [9.17, 15) is 4.57 Å². The van der Waals surface area contributed by atoms with Gasteiger partial charge in [-0.3, -0.25) is 4.57 Å². The molecule has 4 fully saturated rings. The van der Waals surface area contributed by atoms with Gasteiger partial charge >= 0.3 is 0 Å². The standard InChI is InChI=1S/C11H18Cl2NOP/c12-7-16(13,15)14-11-4-8-1-9(5-11)3-10(2-8)6-11/h8-10H,1-7H2,(H,14,15)/t8?,9?,10?,11?,16-/m1/s1. The summed E-state index contributed by atoms with van der Waals surface area (Å²) in [7, 11) is 0. The van der Waals surface area contributed by atoms with Gasteiger partial charge in [-0.15, -0.1) is 11.6 Å². The first-order valence-electron chi connectivity index (χ1n) is 6.14. The molecule has 0 spiro atoms. The lowest BCUT2D eigenvalue weighted by Crippen LogP contribution is -2.57. The van der Waals surface area contributed by atoms with Crippen molar-refractivity contribution in [3.8, 4) is 0 Å². The van der Waals surface area contributed by atoms with E-state index in [1.54, 1.807) is 0 Å². The minimum absolute atomic E-state index is 0.0380. The Hall–Kier alpha value is 0.770. The molecule has 4 bridgehead atoms. The summed E-state index contributed by atoms with van der Waals surface area (Å²) < 4.78 is 12.0. The van der Waals surface area contributed by atoms with E-state index >= 15 is 0 Å². The van der Waals surface area contributed by atoms with Crippen LogP contribution in [0.25, 0.3) is 0 Å². The maximum atomic E-state index is 12.0. The van der Waals surface area contributed by atoms with Gasteiger partial charge in [-0.1, -0.05) is 0 Å². The highest BCUT2D eigenvalue weighted by Gasteiger charge is 2.52. The van der Waals surface area contributed by atoms with Crippen LogP contribution >= 0.6 is 29.5 Å². The lowest BCUT2D eigenvalue weighted by atomic mass is 9.53. The van der Waals surface area contributed by atoms with Gasteiger partial charge in [0, 0.05) is 5.54 Å². The van der Waals surface area contributed by atoms with Crippen molar-refractivity contribution < 1.29 is 4.57 Å². The molecule has 5 heteroatoms. The van der Waals surface area contributed by atoms with Gasteiger partial charge < -0.3 is 0 Å². The van der Waals surface area contributed by atoms with E-state index in [1.807, 2.05) is 0 Å². The topological polar surface area (TPSA) is 29.1 Å². The largest absolute Gasteiger partial charge is 0.288 e. The van der Waals surface area contributed by atoms with Crippen LogP contribution in [0.5, 0.6) is 0 Å². The first kappa shape index (κ1) is 11.8. The van der Waals surface area contributed by atoms with Crippen LogP contribution in [0.3, 0.4) is 0 Å². The molecule has 16 heavy (non-hydrogen) atoms. The highest BCUT2D eigenvalue weighted by molar-refractivity contribution is 7.88. The van der Waals surface area contributed by atoms with Crippen molar-refractivity contribution in [3.05, 3.63) is 0 Å². The first-order chi connectivity index (χ1) is 7.50. The average Bonchev–Trinajstić information content (AvgIpc) is 2.13. The van der Waals surface area contributed by atoms with Crippen LogP contribution in [0.1, 0.15) is 38.5 Å². The van der Waals surface area contributed by atoms with Crippen molar-refractivity contribution in [1.29, 1.82) is 0 Å². The van der Waals surface area contributed by atoms with E-state index in [1.165, 1.54) is 19.3 Å². The molecule has 0 aromatic heterocycles. The zero-order valence-electron chi connectivity index (χ0n) is 9.29. The predicted molar refractivity (Wildman–Crippen MR) is 68.2 cm³/mol. The fourth-order valence-electron chi connectivity index (χ4n) is 4.63. The summed E-state index contributed by atoms with van der Waals surface area (Å²) in [4.78, 5) is 0. The lowest BCUT2D eigenvalue weighted by Gasteiger charge is -2.57. The Morgan fingerprint density at radius 3 is 1.94 bits per heavy atom. The number of hydrogen-bond donors (Lipinski definition) is 1. The second kappa shape index (κ2) is 3.88. The summed E-state index contributed by atoms with van der Waals surface area (Å²) in [5.74, 6) is 2.52. The monoisotopic (exact) mass is 281 g/mol. The summed E-state index contributed by atoms with van der Waals surface area (Å²) in [6, 6.07) is 0. The molecule has 4 rings (SSSR count). The van der Waals surface area contributed by atoms with E-state index < -0.39 is 6.65 Å². The number of halogens is 2. The minimum Gasteiger partial charge on any atom is -0.288 e. The van der Waals surface area contributed by atoms with Crippen LogP contribution < -0.4 is 5.09 Å². The smallest absolute Gasteiger partial charge is 0.247 e. The molecule has 0 saturated heterocycles. The normalized spacial score (nSPS) is 49.2. The molecular weight excluding hydrogens is 264 g/mol. The third-order valence-corrected chi connectivity index (χ3v) is 7.70. The van der Waals surface area contributed by atoms with Gasteiger partial charge in [0.1, 0.15) is 5.62 Å². The molecule has 92 valence electrons. The van der Waals surface area contributed by atoms with E-state index in [0.717, 1.165) is 37.0 Å². The third kappa shape index (κ3) is 2.07. The van der Waals surface area contributed by atoms with Crippen molar-refractivity contribution in [2.75, 3.05) is 5.62 Å². The molecule has 0 aromatic rings. The molecule has 4 aliphatic rings. The first-order valence-corrected chi connectivity index (χ1v) is 9.48. The molecule has 1 atom stereocenters. The molecule has 0 aliphatic heterocycles. The van der Waals surface area contributed by atoms with Gasteiger partial charge in [0.05, 0.1) is 0 Å². The lowest BCUT2D eigenvalue weighted by molar-refractivity contribution is -0.00812. The second-order valence-electron chi connectivity index (χ2n) is 6.08. The molecule has 2 nitrogen and oxygen atoms in total. The zero-order chi connectivity index (χ0) is 11.4. The fourth-order valence-corrected chi connectivity index (χ4v) is 6.39. The highest BCUT2D eigenvalue weighted by Crippen LogP contribution is 2.60. The Morgan fingerprint density at radius 1 is 1.12 bits per heavy atom. The number of alkyl halides is 1. The van der Waals surface area contributed by atoms with Gasteiger partial charge in [-0.05, 0) is 67.5 Å². The number of nitrogens with one attached hydrogen (secondary N) is 1. The molecule has 4 aliphatic carbocycles. The molecule has 0 unspecified atom stereocenters. The molecule has 4 saturated carbocycles. The SMILES string of the molecule is O=[P@@](Cl)(CCl)NC12CC3CC(CC(C3)C1)C2. The van der Waals surface area contributed by atoms with E-state index in [2.05, 4.69) is 5.09 Å². The summed E-state index contributed by atoms with van der Waals surface area (Å²) in [5.41, 5.74) is 0.0945. The summed E-state index contributed by atoms with van der Waals surface area (Å²) >= 11 is 11.6. The van der Waals surface area contributed by atoms with E-state index in [0.29, 0.717) is 0 Å². The van der Waals surface area contributed by atoms with Crippen LogP contribution in [0.2, 0.25) is 0 Å². The molecule has 1 N–H and O–H groups in total. The quantitative estimate of drug-likeness (QED) is 0.621. The van der Waals surface area contributed by atoms with Crippen molar-refractivity contribution in [2.45, 2.75) is 44.1 Å². The molecular formula is C11H18Cl2NOP. The highest BCUT2D eigenvalue weighted by atomic mass is 35.7. The Bertz CT molecular complexity index is 312. The average molecular weight is 282 g/mol. The summed E-state index contributed by atoms with van der Waals surface area (Å²) in [6.07, 6.45) is 7.63. The minimum atomic E-state index is -2.83. The maximum absolute atomic E-state index is 12.0. The van der Waals surface area contributed by atoms with E-state index in [-0.39, 0.29) is 11.2 Å². The van der Waals surface area contributed by atoms with Gasteiger partial charge in [0.25, 0.3) is 0 Å². The van der Waals surface area contributed by atoms with Crippen LogP contribution in [-0.4, -0.2) is 11.2 Å². The van der Waals surface area contributed by atoms with Crippen molar-refractivity contribution in [2.24, 2.45) is 17.8 Å². The Kier molecular flexibility index (Phi) is 2.87. The molecule has 0 aromatic carbocycles. The number of hydrogen-bond acceptors (Lipinski definition) is 1. The van der Waals surface area contributed by atoms with Crippen LogP contribution in [0.15, 0.2) is 0 Å². The van der Waals surface area contributed by atoms with Crippen LogP contribution in [0.4, 0.5) is 0 Å². The molecule has 0 heterocycles. The summed E-state index contributed by atoms with van der Waals surface area (Å²) in [6.45, 7) is -2.83. The maximum Gasteiger partial charge on any atom is 0.247 e. The van der Waals surface area contributed by atoms with Gasteiger partial charge in [0.15, 0.2) is 0 Å². The van der Waals surface area contributed by atoms with Crippen molar-refractivity contribution in [1.82, 2.24) is 5.09 Å². The Balaban J connectivity index is 1.81. The van der Waals surface area contributed by atoms with Crippen molar-refractivity contribution in [3.63, 3.8) is 0 Å². The van der Waals surface area contributed by atoms with Crippen LogP contribution in [0, 0.1) is 17.8 Å². The fraction of sp³-hybridized carbons (Fsp3) is 1.00.